The molecule has 7 heteroatoms. The fourth-order valence-corrected chi connectivity index (χ4v) is 4.16. The SMILES string of the molecule is C/C(=C\I)[C@@H]1C/C=C(/CO)CCC[C@H](C)[C@H](O)[C@@H](C)C(=O)C(C)(C)[C@@H](O)CC(=O)O1. The van der Waals surface area contributed by atoms with Crippen molar-refractivity contribution in [3.05, 3.63) is 21.3 Å². The average Bonchev–Trinajstić information content (AvgIpc) is 2.71. The highest BCUT2D eigenvalue weighted by atomic mass is 127. The Labute approximate surface area is 193 Å². The summed E-state index contributed by atoms with van der Waals surface area (Å²) in [6, 6.07) is 0. The molecule has 0 amide bonds. The molecule has 0 aromatic carbocycles. The number of carbonyl (C=O) groups excluding carboxylic acids is 2. The van der Waals surface area contributed by atoms with E-state index in [1.807, 2.05) is 24.0 Å². The molecule has 6 nitrogen and oxygen atoms in total. The van der Waals surface area contributed by atoms with Crippen LogP contribution in [0, 0.1) is 17.3 Å². The van der Waals surface area contributed by atoms with Gasteiger partial charge >= 0.3 is 5.97 Å². The van der Waals surface area contributed by atoms with Crippen molar-refractivity contribution in [3.63, 3.8) is 0 Å². The molecular weight excluding hydrogens is 499 g/mol. The summed E-state index contributed by atoms with van der Waals surface area (Å²) in [5.41, 5.74) is 0.536. The number of rotatable bonds is 2. The van der Waals surface area contributed by atoms with Crippen molar-refractivity contribution >= 4 is 34.3 Å². The Hall–Kier alpha value is -0.770. The van der Waals surface area contributed by atoms with Crippen LogP contribution in [-0.2, 0) is 14.3 Å². The topological polar surface area (TPSA) is 104 Å². The van der Waals surface area contributed by atoms with Gasteiger partial charge in [0, 0.05) is 12.3 Å². The molecule has 0 bridgehead atoms. The van der Waals surface area contributed by atoms with E-state index in [1.54, 1.807) is 20.8 Å². The van der Waals surface area contributed by atoms with Crippen LogP contribution in [-0.4, -0.2) is 52.0 Å². The van der Waals surface area contributed by atoms with Gasteiger partial charge < -0.3 is 20.1 Å². The minimum atomic E-state index is -1.22. The van der Waals surface area contributed by atoms with E-state index in [-0.39, 0.29) is 24.7 Å². The predicted octanol–water partition coefficient (Wildman–Crippen LogP) is 3.71. The summed E-state index contributed by atoms with van der Waals surface area (Å²) < 4.78 is 7.44. The molecule has 0 fully saturated rings. The van der Waals surface area contributed by atoms with Crippen LogP contribution in [0.25, 0.3) is 0 Å². The van der Waals surface area contributed by atoms with Crippen molar-refractivity contribution in [2.24, 2.45) is 17.3 Å². The van der Waals surface area contributed by atoms with Crippen LogP contribution < -0.4 is 0 Å². The molecule has 0 aromatic rings. The lowest BCUT2D eigenvalue weighted by molar-refractivity contribution is -0.154. The Morgan fingerprint density at radius 2 is 1.93 bits per heavy atom. The van der Waals surface area contributed by atoms with Crippen molar-refractivity contribution in [2.45, 2.75) is 85.0 Å². The molecule has 0 saturated carbocycles. The van der Waals surface area contributed by atoms with Gasteiger partial charge in [-0.15, -0.1) is 0 Å². The zero-order valence-corrected chi connectivity index (χ0v) is 20.9. The second kappa shape index (κ2) is 12.3. The molecule has 1 aliphatic rings. The molecule has 0 aliphatic carbocycles. The predicted molar refractivity (Wildman–Crippen MR) is 125 cm³/mol. The van der Waals surface area contributed by atoms with E-state index in [4.69, 9.17) is 4.74 Å². The highest BCUT2D eigenvalue weighted by Gasteiger charge is 2.42. The number of ether oxygens (including phenoxy) is 1. The van der Waals surface area contributed by atoms with Gasteiger partial charge in [-0.3, -0.25) is 9.59 Å². The van der Waals surface area contributed by atoms with Crippen LogP contribution in [0.15, 0.2) is 21.3 Å². The van der Waals surface area contributed by atoms with Gasteiger partial charge in [0.2, 0.25) is 0 Å². The molecule has 0 unspecified atom stereocenters. The van der Waals surface area contributed by atoms with E-state index in [0.717, 1.165) is 17.6 Å². The lowest BCUT2D eigenvalue weighted by Gasteiger charge is -2.34. The van der Waals surface area contributed by atoms with Crippen LogP contribution in [0.1, 0.15) is 66.7 Å². The van der Waals surface area contributed by atoms with Crippen LogP contribution in [0.3, 0.4) is 0 Å². The largest absolute Gasteiger partial charge is 0.457 e. The maximum atomic E-state index is 13.0. The molecule has 1 heterocycles. The first-order valence-electron chi connectivity index (χ1n) is 10.6. The number of cyclic esters (lactones) is 1. The molecule has 0 radical (unpaired) electrons. The Morgan fingerprint density at radius 3 is 2.50 bits per heavy atom. The summed E-state index contributed by atoms with van der Waals surface area (Å²) in [5.74, 6) is -1.63. The van der Waals surface area contributed by atoms with Crippen molar-refractivity contribution in [2.75, 3.05) is 6.61 Å². The van der Waals surface area contributed by atoms with Crippen molar-refractivity contribution in [1.29, 1.82) is 0 Å². The number of esters is 1. The van der Waals surface area contributed by atoms with Gasteiger partial charge in [-0.1, -0.05) is 56.4 Å². The number of Topliss-reactive ketones (excluding diaryl/α,β-unsaturated/α-hetero) is 1. The van der Waals surface area contributed by atoms with Crippen LogP contribution in [0.5, 0.6) is 0 Å². The number of ketones is 1. The number of halogens is 1. The van der Waals surface area contributed by atoms with Gasteiger partial charge in [0.15, 0.2) is 0 Å². The Bertz CT molecular complexity index is 654. The molecule has 5 atom stereocenters. The van der Waals surface area contributed by atoms with Gasteiger partial charge in [0.1, 0.15) is 11.9 Å². The highest BCUT2D eigenvalue weighted by Crippen LogP contribution is 2.32. The van der Waals surface area contributed by atoms with Crippen LogP contribution in [0.2, 0.25) is 0 Å². The smallest absolute Gasteiger partial charge is 0.309 e. The molecule has 0 spiro atoms. The lowest BCUT2D eigenvalue weighted by Crippen LogP contribution is -2.45. The number of aliphatic hydroxyl groups excluding tert-OH is 3. The van der Waals surface area contributed by atoms with E-state index < -0.39 is 35.6 Å². The van der Waals surface area contributed by atoms with E-state index >= 15 is 0 Å². The average molecular weight is 536 g/mol. The minimum Gasteiger partial charge on any atom is -0.457 e. The first-order valence-corrected chi connectivity index (χ1v) is 11.9. The molecule has 0 saturated heterocycles. The fraction of sp³-hybridized carbons (Fsp3) is 0.739. The fourth-order valence-electron chi connectivity index (χ4n) is 3.76. The monoisotopic (exact) mass is 536 g/mol. The normalized spacial score (nSPS) is 34.8. The van der Waals surface area contributed by atoms with Crippen LogP contribution in [0.4, 0.5) is 0 Å². The van der Waals surface area contributed by atoms with Gasteiger partial charge in [-0.25, -0.2) is 0 Å². The summed E-state index contributed by atoms with van der Waals surface area (Å²) in [7, 11) is 0. The number of hydrogen-bond acceptors (Lipinski definition) is 6. The Balaban J connectivity index is 3.22. The molecule has 3 N–H and O–H groups in total. The van der Waals surface area contributed by atoms with E-state index in [9.17, 15) is 24.9 Å². The third-order valence-electron chi connectivity index (χ3n) is 6.27. The van der Waals surface area contributed by atoms with E-state index in [1.165, 1.54) is 0 Å². The highest BCUT2D eigenvalue weighted by molar-refractivity contribution is 14.1. The first-order chi connectivity index (χ1) is 13.9. The Morgan fingerprint density at radius 1 is 1.30 bits per heavy atom. The summed E-state index contributed by atoms with van der Waals surface area (Å²) >= 11 is 2.09. The van der Waals surface area contributed by atoms with Gasteiger partial charge in [0.05, 0.1) is 30.7 Å². The third kappa shape index (κ3) is 7.43. The molecule has 1 aliphatic heterocycles. The minimum absolute atomic E-state index is 0.0770. The van der Waals surface area contributed by atoms with E-state index in [2.05, 4.69) is 22.6 Å². The second-order valence-electron chi connectivity index (χ2n) is 9.04. The zero-order valence-electron chi connectivity index (χ0n) is 18.7. The summed E-state index contributed by atoms with van der Waals surface area (Å²) in [5, 5.41) is 31.0. The lowest BCUT2D eigenvalue weighted by atomic mass is 9.73. The number of hydrogen-bond donors (Lipinski definition) is 3. The first kappa shape index (κ1) is 27.3. The molecule has 30 heavy (non-hydrogen) atoms. The maximum absolute atomic E-state index is 13.0. The van der Waals surface area contributed by atoms with Gasteiger partial charge in [-0.2, -0.15) is 0 Å². The van der Waals surface area contributed by atoms with Gasteiger partial charge in [-0.05, 0) is 47.3 Å². The summed E-state index contributed by atoms with van der Waals surface area (Å²) in [6.07, 6.45) is 1.63. The van der Waals surface area contributed by atoms with Gasteiger partial charge in [0.25, 0.3) is 0 Å². The summed E-state index contributed by atoms with van der Waals surface area (Å²) in [6.45, 7) is 8.58. The summed E-state index contributed by atoms with van der Waals surface area (Å²) in [4.78, 5) is 25.5. The number of aliphatic hydroxyl groups is 3. The van der Waals surface area contributed by atoms with Crippen molar-refractivity contribution < 1.29 is 29.6 Å². The van der Waals surface area contributed by atoms with Crippen molar-refractivity contribution in [1.82, 2.24) is 0 Å². The van der Waals surface area contributed by atoms with Crippen LogP contribution >= 0.6 is 22.6 Å². The van der Waals surface area contributed by atoms with Crippen molar-refractivity contribution in [3.8, 4) is 0 Å². The third-order valence-corrected chi connectivity index (χ3v) is 7.25. The van der Waals surface area contributed by atoms with E-state index in [0.29, 0.717) is 19.3 Å². The zero-order chi connectivity index (χ0) is 23.1. The molecule has 172 valence electrons. The molecular formula is C23H37IO6. The quantitative estimate of drug-likeness (QED) is 0.283. The Kier molecular flexibility index (Phi) is 11.2. The second-order valence-corrected chi connectivity index (χ2v) is 9.67. The standard InChI is InChI=1S/C23H37IO6/c1-14-7-6-8-17(13-25)9-10-18(15(2)12-24)30-20(27)11-19(26)23(4,5)22(29)16(3)21(14)28/h9,12,14,16,18-19,21,25-26,28H,6-8,10-11,13H2,1-5H3/b15-12+,17-9+/t14-,16+,18-,19-,21-/m0/s1. The number of carbonyl (C=O) groups is 2. The molecule has 1 rings (SSSR count). The maximum Gasteiger partial charge on any atom is 0.309 e. The molecule has 0 aromatic heterocycles.